The highest BCUT2D eigenvalue weighted by molar-refractivity contribution is 5.71. The Labute approximate surface area is 186 Å². The Morgan fingerprint density at radius 2 is 1.94 bits per heavy atom. The zero-order valence-corrected chi connectivity index (χ0v) is 18.6. The fourth-order valence-corrected chi connectivity index (χ4v) is 4.71. The van der Waals surface area contributed by atoms with Crippen LogP contribution in [0, 0.1) is 0 Å². The highest BCUT2D eigenvalue weighted by atomic mass is 16.5. The molecule has 0 bridgehead atoms. The molecule has 4 rings (SSSR count). The van der Waals surface area contributed by atoms with Gasteiger partial charge in [0.05, 0.1) is 12.6 Å². The second-order valence-electron chi connectivity index (χ2n) is 8.93. The molecule has 5 heteroatoms. The van der Waals surface area contributed by atoms with Crippen molar-refractivity contribution in [3.8, 4) is 16.9 Å². The van der Waals surface area contributed by atoms with Crippen LogP contribution in [0.15, 0.2) is 42.5 Å². The van der Waals surface area contributed by atoms with Crippen molar-refractivity contribution < 1.29 is 14.6 Å². The first-order valence-corrected chi connectivity index (χ1v) is 11.8. The van der Waals surface area contributed by atoms with E-state index in [1.165, 1.54) is 48.9 Å². The number of rotatable bonds is 9. The van der Waals surface area contributed by atoms with Gasteiger partial charge in [0.15, 0.2) is 0 Å². The summed E-state index contributed by atoms with van der Waals surface area (Å²) in [6.45, 7) is 2.41. The minimum Gasteiger partial charge on any atom is -0.491 e. The lowest BCUT2D eigenvalue weighted by atomic mass is 9.83. The van der Waals surface area contributed by atoms with Crippen molar-refractivity contribution in [2.24, 2.45) is 0 Å². The predicted octanol–water partition coefficient (Wildman–Crippen LogP) is 4.56. The standard InChI is InChI=1S/C26H36N2O3/c1-27-16-25(29)18-31-26-9-5-8-20(15-26)22-12-21(19-6-3-2-4-7-19)13-24(14-22)28-23-10-11-30-17-23/h5,8-9,12-15,19,23,25,27-29H,2-4,6-7,10-11,16-18H2,1H3/t23-,25?/m0/s1. The maximum Gasteiger partial charge on any atom is 0.120 e. The van der Waals surface area contributed by atoms with E-state index in [9.17, 15) is 5.11 Å². The minimum atomic E-state index is -0.521. The number of ether oxygens (including phenoxy) is 2. The lowest BCUT2D eigenvalue weighted by Crippen LogP contribution is -2.29. The molecule has 2 atom stereocenters. The maximum atomic E-state index is 9.94. The number of hydrogen-bond acceptors (Lipinski definition) is 5. The molecule has 2 aromatic rings. The van der Waals surface area contributed by atoms with Crippen LogP contribution < -0.4 is 15.4 Å². The van der Waals surface area contributed by atoms with E-state index in [4.69, 9.17) is 9.47 Å². The Bertz CT molecular complexity index is 829. The summed E-state index contributed by atoms with van der Waals surface area (Å²) < 4.78 is 11.4. The number of benzene rings is 2. The van der Waals surface area contributed by atoms with Crippen LogP contribution >= 0.6 is 0 Å². The van der Waals surface area contributed by atoms with Gasteiger partial charge in [-0.05, 0) is 73.2 Å². The molecule has 2 aromatic carbocycles. The van der Waals surface area contributed by atoms with Gasteiger partial charge in [-0.1, -0.05) is 37.5 Å². The van der Waals surface area contributed by atoms with Crippen molar-refractivity contribution in [3.63, 3.8) is 0 Å². The molecular formula is C26H36N2O3. The Morgan fingerprint density at radius 1 is 1.06 bits per heavy atom. The molecule has 0 aromatic heterocycles. The van der Waals surface area contributed by atoms with Crippen LogP contribution in [0.3, 0.4) is 0 Å². The van der Waals surface area contributed by atoms with Crippen LogP contribution in [0.5, 0.6) is 5.75 Å². The van der Waals surface area contributed by atoms with Crippen LogP contribution in [-0.4, -0.2) is 50.7 Å². The molecule has 1 aliphatic carbocycles. The normalized spacial score (nSPS) is 20.5. The van der Waals surface area contributed by atoms with Gasteiger partial charge in [-0.25, -0.2) is 0 Å². The highest BCUT2D eigenvalue weighted by Crippen LogP contribution is 2.37. The first kappa shape index (κ1) is 22.1. The molecule has 5 nitrogen and oxygen atoms in total. The van der Waals surface area contributed by atoms with E-state index >= 15 is 0 Å². The van der Waals surface area contributed by atoms with E-state index in [2.05, 4.69) is 41.0 Å². The van der Waals surface area contributed by atoms with Crippen molar-refractivity contribution in [2.45, 2.75) is 56.6 Å². The summed E-state index contributed by atoms with van der Waals surface area (Å²) >= 11 is 0. The quantitative estimate of drug-likeness (QED) is 0.551. The number of aliphatic hydroxyl groups excluding tert-OH is 1. The zero-order valence-electron chi connectivity index (χ0n) is 18.6. The monoisotopic (exact) mass is 424 g/mol. The fraction of sp³-hybridized carbons (Fsp3) is 0.538. The molecule has 1 saturated heterocycles. The number of likely N-dealkylation sites (N-methyl/N-ethyl adjacent to an activating group) is 1. The van der Waals surface area contributed by atoms with Crippen molar-refractivity contribution in [2.75, 3.05) is 38.7 Å². The van der Waals surface area contributed by atoms with Crippen LogP contribution in [0.4, 0.5) is 5.69 Å². The molecular weight excluding hydrogens is 388 g/mol. The van der Waals surface area contributed by atoms with E-state index in [1.54, 1.807) is 0 Å². The Kier molecular flexibility index (Phi) is 7.84. The number of aliphatic hydroxyl groups is 1. The SMILES string of the molecule is CNCC(O)COc1cccc(-c2cc(N[C@H]3CCOC3)cc(C3CCCCC3)c2)c1. The molecule has 0 radical (unpaired) electrons. The zero-order chi connectivity index (χ0) is 21.5. The highest BCUT2D eigenvalue weighted by Gasteiger charge is 2.19. The van der Waals surface area contributed by atoms with E-state index in [-0.39, 0.29) is 6.61 Å². The molecule has 1 unspecified atom stereocenters. The molecule has 168 valence electrons. The van der Waals surface area contributed by atoms with E-state index in [0.717, 1.165) is 30.9 Å². The van der Waals surface area contributed by atoms with Gasteiger partial charge in [0, 0.05) is 18.8 Å². The Balaban J connectivity index is 1.57. The van der Waals surface area contributed by atoms with Crippen molar-refractivity contribution >= 4 is 5.69 Å². The molecule has 3 N–H and O–H groups in total. The van der Waals surface area contributed by atoms with Crippen LogP contribution in [-0.2, 0) is 4.74 Å². The Hall–Kier alpha value is -2.08. The van der Waals surface area contributed by atoms with Gasteiger partial charge in [0.25, 0.3) is 0 Å². The fourth-order valence-electron chi connectivity index (χ4n) is 4.71. The molecule has 2 aliphatic rings. The molecule has 1 saturated carbocycles. The van der Waals surface area contributed by atoms with Gasteiger partial charge in [-0.3, -0.25) is 0 Å². The first-order chi connectivity index (χ1) is 15.2. The molecule has 31 heavy (non-hydrogen) atoms. The van der Waals surface area contributed by atoms with Crippen LogP contribution in [0.2, 0.25) is 0 Å². The van der Waals surface area contributed by atoms with Gasteiger partial charge in [0.1, 0.15) is 18.5 Å². The minimum absolute atomic E-state index is 0.279. The largest absolute Gasteiger partial charge is 0.491 e. The third-order valence-electron chi connectivity index (χ3n) is 6.38. The third kappa shape index (κ3) is 6.22. The molecule has 1 aliphatic heterocycles. The number of hydrogen-bond donors (Lipinski definition) is 3. The summed E-state index contributed by atoms with van der Waals surface area (Å²) in [5.74, 6) is 1.43. The van der Waals surface area contributed by atoms with Gasteiger partial charge in [-0.2, -0.15) is 0 Å². The summed E-state index contributed by atoms with van der Waals surface area (Å²) in [5, 5.41) is 16.6. The summed E-state index contributed by atoms with van der Waals surface area (Å²) in [4.78, 5) is 0. The molecule has 2 fully saturated rings. The average molecular weight is 425 g/mol. The van der Waals surface area contributed by atoms with Crippen molar-refractivity contribution in [1.29, 1.82) is 0 Å². The Morgan fingerprint density at radius 3 is 2.71 bits per heavy atom. The summed E-state index contributed by atoms with van der Waals surface area (Å²) in [6.07, 6.45) is 7.11. The smallest absolute Gasteiger partial charge is 0.120 e. The molecule has 0 spiro atoms. The average Bonchev–Trinajstić information content (AvgIpc) is 3.31. The third-order valence-corrected chi connectivity index (χ3v) is 6.38. The van der Waals surface area contributed by atoms with E-state index < -0.39 is 6.10 Å². The van der Waals surface area contributed by atoms with Crippen molar-refractivity contribution in [1.82, 2.24) is 5.32 Å². The second kappa shape index (κ2) is 11.0. The molecule has 1 heterocycles. The lowest BCUT2D eigenvalue weighted by molar-refractivity contribution is 0.108. The summed E-state index contributed by atoms with van der Waals surface area (Å²) in [5.41, 5.74) is 4.98. The predicted molar refractivity (Wildman–Crippen MR) is 126 cm³/mol. The lowest BCUT2D eigenvalue weighted by Gasteiger charge is -2.24. The van der Waals surface area contributed by atoms with Gasteiger partial charge >= 0.3 is 0 Å². The number of anilines is 1. The van der Waals surface area contributed by atoms with Gasteiger partial charge in [0.2, 0.25) is 0 Å². The van der Waals surface area contributed by atoms with E-state index in [0.29, 0.717) is 18.5 Å². The van der Waals surface area contributed by atoms with Crippen molar-refractivity contribution in [3.05, 3.63) is 48.0 Å². The van der Waals surface area contributed by atoms with Crippen LogP contribution in [0.25, 0.3) is 11.1 Å². The molecule has 0 amide bonds. The van der Waals surface area contributed by atoms with E-state index in [1.807, 2.05) is 19.2 Å². The summed E-state index contributed by atoms with van der Waals surface area (Å²) in [7, 11) is 1.83. The maximum absolute atomic E-state index is 9.94. The second-order valence-corrected chi connectivity index (χ2v) is 8.93. The van der Waals surface area contributed by atoms with Gasteiger partial charge < -0.3 is 25.2 Å². The first-order valence-electron chi connectivity index (χ1n) is 11.8. The summed E-state index contributed by atoms with van der Waals surface area (Å²) in [6, 6.07) is 15.6. The topological polar surface area (TPSA) is 62.8 Å². The number of nitrogens with one attached hydrogen (secondary N) is 2. The van der Waals surface area contributed by atoms with Gasteiger partial charge in [-0.15, -0.1) is 0 Å². The van der Waals surface area contributed by atoms with Crippen LogP contribution in [0.1, 0.15) is 50.0 Å².